The number of rotatable bonds is 8. The molecule has 8 aliphatic carbocycles. The van der Waals surface area contributed by atoms with Crippen molar-refractivity contribution in [3.8, 4) is 0 Å². The van der Waals surface area contributed by atoms with Crippen molar-refractivity contribution in [3.63, 3.8) is 0 Å². The first-order valence-corrected chi connectivity index (χ1v) is 23.2. The zero-order valence-corrected chi connectivity index (χ0v) is 37.1. The van der Waals surface area contributed by atoms with E-state index in [-0.39, 0.29) is 74.8 Å². The second-order valence-corrected chi connectivity index (χ2v) is 21.1. The maximum Gasteiger partial charge on any atom is 0.193 e. The Morgan fingerprint density at radius 3 is 1.75 bits per heavy atom. The number of ketones is 4. The molecule has 8 fully saturated rings. The molecule has 2 heterocycles. The lowest BCUT2D eigenvalue weighted by Crippen LogP contribution is -2.63. The summed E-state index contributed by atoms with van der Waals surface area (Å²) in [5, 5.41) is 42.9. The highest BCUT2D eigenvalue weighted by Gasteiger charge is 2.77. The van der Waals surface area contributed by atoms with E-state index in [2.05, 4.69) is 6.92 Å². The lowest BCUT2D eigenvalue weighted by atomic mass is 9.46. The number of ether oxygens (including phenoxy) is 4. The summed E-state index contributed by atoms with van der Waals surface area (Å²) in [7, 11) is 0. The number of hydrogen-bond acceptors (Lipinski definition) is 12. The van der Waals surface area contributed by atoms with Crippen molar-refractivity contribution in [2.75, 3.05) is 13.2 Å². The molecule has 10 rings (SSSR count). The Kier molecular flexibility index (Phi) is 12.1. The molecule has 4 N–H and O–H groups in total. The van der Waals surface area contributed by atoms with Gasteiger partial charge in [0.1, 0.15) is 13.2 Å². The lowest BCUT2D eigenvalue weighted by molar-refractivity contribution is -0.200. The molecule has 0 amide bonds. The van der Waals surface area contributed by atoms with E-state index in [1.165, 1.54) is 12.2 Å². The van der Waals surface area contributed by atoms with E-state index in [0.717, 1.165) is 24.8 Å². The third kappa shape index (κ3) is 6.56. The molecule has 0 spiro atoms. The molecule has 2 saturated heterocycles. The minimum Gasteiger partial charge on any atom is -0.393 e. The third-order valence-electron chi connectivity index (χ3n) is 18.2. The minimum absolute atomic E-state index is 0. The number of fused-ring (bicyclic) bond motifs is 14. The molecule has 12 heteroatoms. The van der Waals surface area contributed by atoms with Gasteiger partial charge in [-0.15, -0.1) is 0 Å². The van der Waals surface area contributed by atoms with Crippen LogP contribution in [0, 0.1) is 57.2 Å². The van der Waals surface area contributed by atoms with Crippen molar-refractivity contribution in [1.29, 1.82) is 0 Å². The first-order chi connectivity index (χ1) is 30.5. The lowest BCUT2D eigenvalue weighted by Gasteiger charge is -2.59. The molecular weight excluding hydrogens is 817 g/mol. The van der Waals surface area contributed by atoms with E-state index in [4.69, 9.17) is 23.1 Å². The van der Waals surface area contributed by atoms with Crippen molar-refractivity contribution in [2.45, 2.75) is 182 Å². The number of allylic oxidation sites excluding steroid dienone is 8. The molecule has 0 radical (unpaired) electrons. The molecule has 0 unspecified atom stereocenters. The monoisotopic (exact) mass is 896 g/mol. The first-order valence-electron chi connectivity index (χ1n) is 24.7. The zero-order valence-electron chi connectivity index (χ0n) is 40.1. The molecule has 10 aliphatic rings. The normalized spacial score (nSPS) is 51.4. The summed E-state index contributed by atoms with van der Waals surface area (Å²) in [6.07, 6.45) is 9.35. The average molecular weight is 896 g/mol. The Hall–Kier alpha value is -2.68. The molecule has 2 aliphatic heterocycles. The van der Waals surface area contributed by atoms with Gasteiger partial charge in [-0.1, -0.05) is 92.5 Å². The highest BCUT2D eigenvalue weighted by molar-refractivity contribution is 6.01. The quantitative estimate of drug-likeness (QED) is 0.202. The molecule has 0 aromatic rings. The highest BCUT2D eigenvalue weighted by atomic mass is 16.8. The van der Waals surface area contributed by atoms with E-state index < -0.39 is 101 Å². The summed E-state index contributed by atoms with van der Waals surface area (Å²) in [6.45, 7) is 10.6. The Morgan fingerprint density at radius 2 is 1.22 bits per heavy atom. The maximum absolute atomic E-state index is 13.3. The van der Waals surface area contributed by atoms with Gasteiger partial charge in [0.2, 0.25) is 0 Å². The predicted molar refractivity (Wildman–Crippen MR) is 239 cm³/mol. The van der Waals surface area contributed by atoms with E-state index >= 15 is 0 Å². The Bertz CT molecular complexity index is 2160. The van der Waals surface area contributed by atoms with Gasteiger partial charge in [0.15, 0.2) is 46.9 Å². The molecule has 64 heavy (non-hydrogen) atoms. The van der Waals surface area contributed by atoms with Crippen LogP contribution in [0.4, 0.5) is 0 Å². The Labute approximate surface area is 384 Å². The number of Topliss-reactive ketones (excluding diaryl/α,β-unsaturated/α-hetero) is 2. The van der Waals surface area contributed by atoms with E-state index in [9.17, 15) is 39.6 Å². The molecule has 12 nitrogen and oxygen atoms in total. The highest BCUT2D eigenvalue weighted by Crippen LogP contribution is 2.71. The predicted octanol–water partition coefficient (Wildman–Crippen LogP) is 6.71. The van der Waals surface area contributed by atoms with Crippen LogP contribution in [-0.2, 0) is 38.1 Å². The average Bonchev–Trinajstić information content (AvgIpc) is 3.90. The molecule has 0 aromatic carbocycles. The number of carbonyl (C=O) groups is 4. The Morgan fingerprint density at radius 1 is 0.734 bits per heavy atom. The van der Waals surface area contributed by atoms with Crippen molar-refractivity contribution in [1.82, 2.24) is 0 Å². The minimum atomic E-state index is -1.72. The van der Waals surface area contributed by atoms with Crippen LogP contribution in [0.25, 0.3) is 0 Å². The van der Waals surface area contributed by atoms with Crippen molar-refractivity contribution in [3.05, 3.63) is 47.6 Å². The largest absolute Gasteiger partial charge is 0.393 e. The smallest absolute Gasteiger partial charge is 0.193 e. The number of hydrogen-bond donors (Lipinski definition) is 4. The number of carbonyl (C=O) groups excluding carboxylic acids is 4. The second kappa shape index (κ2) is 17.1. The van der Waals surface area contributed by atoms with Crippen molar-refractivity contribution >= 4 is 23.1 Å². The topological polar surface area (TPSA) is 186 Å². The summed E-state index contributed by atoms with van der Waals surface area (Å²) < 4.78 is 51.3. The standard InChI is InChI=1S/2C25H34O6.2CH4/c2*1-4-5-21-30-20-11-17-16-7-6-14-10-15(27)8-9-23(14,2)22(16)18(28)12-24(17,3)25(20,31-21)19(29)13-26;;/h2*8-10,16-18,20-22,26,28H,4-7,11-13H2,1-3H3;2*1H4/t2*16-,17-,18-,20+,21+,22+,23-,24-,25+;;/m00../s1/i21D;6D2;;. The fraction of sp³-hybridized carbons (Fsp3) is 0.769. The van der Waals surface area contributed by atoms with Crippen LogP contribution in [0.1, 0.15) is 138 Å². The fourth-order valence-electron chi connectivity index (χ4n) is 15.7. The van der Waals surface area contributed by atoms with Crippen LogP contribution in [0.2, 0.25) is 0 Å². The summed E-state index contributed by atoms with van der Waals surface area (Å²) >= 11 is 0. The van der Waals surface area contributed by atoms with Gasteiger partial charge in [-0.25, -0.2) is 0 Å². The van der Waals surface area contributed by atoms with Crippen LogP contribution in [0.3, 0.4) is 0 Å². The van der Waals surface area contributed by atoms with Gasteiger partial charge in [0, 0.05) is 36.2 Å². The Balaban J connectivity index is 0.000000193. The third-order valence-corrected chi connectivity index (χ3v) is 18.2. The van der Waals surface area contributed by atoms with Gasteiger partial charge in [-0.3, -0.25) is 19.2 Å². The van der Waals surface area contributed by atoms with Gasteiger partial charge in [0.25, 0.3) is 0 Å². The molecule has 18 atom stereocenters. The summed E-state index contributed by atoms with van der Waals surface area (Å²) in [5.74, 6) is -1.66. The first kappa shape index (κ1) is 45.1. The second-order valence-electron chi connectivity index (χ2n) is 21.1. The van der Waals surface area contributed by atoms with Crippen LogP contribution in [0.5, 0.6) is 0 Å². The fourth-order valence-corrected chi connectivity index (χ4v) is 15.7. The molecule has 6 saturated carbocycles. The molecular formula is C52H76O12. The van der Waals surface area contributed by atoms with Crippen LogP contribution in [0.15, 0.2) is 47.6 Å². The zero-order chi connectivity index (χ0) is 47.1. The molecule has 0 bridgehead atoms. The molecule has 356 valence electrons. The summed E-state index contributed by atoms with van der Waals surface area (Å²) in [4.78, 5) is 50.7. The SMILES string of the molecule is C.C.[2H]C1([2H])C[C@@H]2[C@H]([C@@H](O)C[C@@]3(C)[C@H]2C[C@H]2O[C@@H](CCC)O[C@]23C(=O)CO)[C@@]2(C)C=CC(=O)C=C12.[2H][C@@]1(CCC)O[C@@H]2C[C@H]3[C@@H]4CCC5=CC(=O)C=C[C@]5(C)[C@H]4[C@@H](O)C[C@]3(C)[C@]2(C(=O)CO)O1. The van der Waals surface area contributed by atoms with Gasteiger partial charge in [-0.2, -0.15) is 0 Å². The van der Waals surface area contributed by atoms with E-state index in [1.54, 1.807) is 18.2 Å². The van der Waals surface area contributed by atoms with Crippen molar-refractivity contribution < 1.29 is 62.7 Å². The van der Waals surface area contributed by atoms with Gasteiger partial charge in [0.05, 0.1) is 25.8 Å². The van der Waals surface area contributed by atoms with Gasteiger partial charge < -0.3 is 39.4 Å². The summed E-state index contributed by atoms with van der Waals surface area (Å²) in [6, 6.07) is 0. The van der Waals surface area contributed by atoms with Crippen LogP contribution < -0.4 is 0 Å². The van der Waals surface area contributed by atoms with Gasteiger partial charge >= 0.3 is 0 Å². The number of aliphatic hydroxyl groups excluding tert-OH is 4. The van der Waals surface area contributed by atoms with Crippen molar-refractivity contribution in [2.24, 2.45) is 57.2 Å². The number of aliphatic hydroxyl groups is 4. The summed E-state index contributed by atoms with van der Waals surface area (Å²) in [5.41, 5.74) is -4.00. The van der Waals surface area contributed by atoms with Crippen LogP contribution in [-0.4, -0.2) is 105 Å². The maximum atomic E-state index is 13.3. The molecule has 0 aromatic heterocycles. The van der Waals surface area contributed by atoms with E-state index in [0.29, 0.717) is 44.1 Å². The van der Waals surface area contributed by atoms with E-state index in [1.807, 2.05) is 40.7 Å². The van der Waals surface area contributed by atoms with Crippen LogP contribution >= 0.6 is 0 Å². The van der Waals surface area contributed by atoms with Gasteiger partial charge in [-0.05, 0) is 112 Å².